The Labute approximate surface area is 143 Å². The molecule has 1 N–H and O–H groups in total. The third-order valence-corrected chi connectivity index (χ3v) is 5.04. The lowest BCUT2D eigenvalue weighted by Gasteiger charge is -2.39. The Balaban J connectivity index is 1.72. The maximum absolute atomic E-state index is 12.9. The third-order valence-electron chi connectivity index (χ3n) is 5.04. The van der Waals surface area contributed by atoms with Crippen LogP contribution in [-0.4, -0.2) is 62.9 Å². The molecule has 1 aliphatic heterocycles. The van der Waals surface area contributed by atoms with Gasteiger partial charge in [0.2, 0.25) is 0 Å². The number of imidazole rings is 1. The predicted molar refractivity (Wildman–Crippen MR) is 95.0 cm³/mol. The van der Waals surface area contributed by atoms with E-state index >= 15 is 0 Å². The topological polar surface area (TPSA) is 65.1 Å². The van der Waals surface area contributed by atoms with Crippen molar-refractivity contribution in [1.29, 1.82) is 0 Å². The molecule has 0 spiro atoms. The fourth-order valence-electron chi connectivity index (χ4n) is 3.36. The summed E-state index contributed by atoms with van der Waals surface area (Å²) in [5.74, 6) is -0.00109. The minimum absolute atomic E-state index is 0.00109. The average Bonchev–Trinajstić information content (AvgIpc) is 2.89. The Morgan fingerprint density at radius 1 is 1.25 bits per heavy atom. The van der Waals surface area contributed by atoms with E-state index < -0.39 is 0 Å². The zero-order valence-electron chi connectivity index (χ0n) is 14.9. The number of H-pyrrole nitrogens is 1. The van der Waals surface area contributed by atoms with Gasteiger partial charge in [-0.3, -0.25) is 4.79 Å². The summed E-state index contributed by atoms with van der Waals surface area (Å²) in [4.78, 5) is 28.6. The Morgan fingerprint density at radius 2 is 1.96 bits per heavy atom. The Hall–Kier alpha value is -1.95. The van der Waals surface area contributed by atoms with Gasteiger partial charge in [-0.2, -0.15) is 0 Å². The number of hydrogen-bond acceptors (Lipinski definition) is 4. The maximum atomic E-state index is 12.9. The summed E-state index contributed by atoms with van der Waals surface area (Å²) in [6.45, 7) is 7.44. The second-order valence-electron chi connectivity index (χ2n) is 7.36. The van der Waals surface area contributed by atoms with Crippen LogP contribution in [-0.2, 0) is 0 Å². The van der Waals surface area contributed by atoms with Crippen LogP contribution in [0.5, 0.6) is 0 Å². The molecular formula is C18H27N5O. The van der Waals surface area contributed by atoms with Crippen LogP contribution in [0.2, 0.25) is 0 Å². The van der Waals surface area contributed by atoms with E-state index in [4.69, 9.17) is 0 Å². The SMILES string of the molecule is CN(C(=O)c1cnc2nc[nH]c2c1)C(C)(C)CN1CCCCCC1. The van der Waals surface area contributed by atoms with Gasteiger partial charge in [-0.1, -0.05) is 12.8 Å². The van der Waals surface area contributed by atoms with E-state index in [0.29, 0.717) is 11.2 Å². The lowest BCUT2D eigenvalue weighted by Crippen LogP contribution is -2.52. The van der Waals surface area contributed by atoms with E-state index in [9.17, 15) is 4.79 Å². The molecule has 0 aromatic carbocycles. The van der Waals surface area contributed by atoms with E-state index in [-0.39, 0.29) is 11.4 Å². The highest BCUT2D eigenvalue weighted by Crippen LogP contribution is 2.20. The molecule has 3 rings (SSSR count). The minimum atomic E-state index is -0.232. The normalized spacial score (nSPS) is 17.0. The van der Waals surface area contributed by atoms with Gasteiger partial charge in [-0.15, -0.1) is 0 Å². The van der Waals surface area contributed by atoms with E-state index in [0.717, 1.165) is 25.2 Å². The molecule has 0 bridgehead atoms. The summed E-state index contributed by atoms with van der Waals surface area (Å²) >= 11 is 0. The molecule has 0 atom stereocenters. The number of hydrogen-bond donors (Lipinski definition) is 1. The van der Waals surface area contributed by atoms with Crippen molar-refractivity contribution in [1.82, 2.24) is 24.8 Å². The lowest BCUT2D eigenvalue weighted by atomic mass is 10.0. The molecule has 1 fully saturated rings. The Kier molecular flexibility index (Phi) is 4.85. The molecule has 0 saturated carbocycles. The number of aromatic nitrogens is 3. The van der Waals surface area contributed by atoms with Gasteiger partial charge in [-0.25, -0.2) is 9.97 Å². The van der Waals surface area contributed by atoms with Crippen LogP contribution in [0.1, 0.15) is 49.9 Å². The quantitative estimate of drug-likeness (QED) is 0.936. The maximum Gasteiger partial charge on any atom is 0.255 e. The number of nitrogens with zero attached hydrogens (tertiary/aromatic N) is 4. The second-order valence-corrected chi connectivity index (χ2v) is 7.36. The molecule has 1 amide bonds. The van der Waals surface area contributed by atoms with Crippen LogP contribution in [0, 0.1) is 0 Å². The highest BCUT2D eigenvalue weighted by molar-refractivity contribution is 5.96. The summed E-state index contributed by atoms with van der Waals surface area (Å²) in [6.07, 6.45) is 8.37. The number of amides is 1. The Morgan fingerprint density at radius 3 is 2.67 bits per heavy atom. The molecule has 130 valence electrons. The minimum Gasteiger partial charge on any atom is -0.343 e. The van der Waals surface area contributed by atoms with Gasteiger partial charge in [0.15, 0.2) is 5.65 Å². The molecule has 1 saturated heterocycles. The van der Waals surface area contributed by atoms with Crippen molar-refractivity contribution in [3.8, 4) is 0 Å². The molecular weight excluding hydrogens is 302 g/mol. The van der Waals surface area contributed by atoms with Crippen LogP contribution < -0.4 is 0 Å². The first-order valence-electron chi connectivity index (χ1n) is 8.77. The summed E-state index contributed by atoms with van der Waals surface area (Å²) in [6, 6.07) is 1.83. The zero-order valence-corrected chi connectivity index (χ0v) is 14.9. The first-order chi connectivity index (χ1) is 11.5. The first-order valence-corrected chi connectivity index (χ1v) is 8.77. The van der Waals surface area contributed by atoms with Crippen LogP contribution in [0.4, 0.5) is 0 Å². The van der Waals surface area contributed by atoms with Crippen molar-refractivity contribution in [2.75, 3.05) is 26.7 Å². The van der Waals surface area contributed by atoms with Crippen molar-refractivity contribution < 1.29 is 4.79 Å². The standard InChI is InChI=1S/C18H27N5O/c1-18(2,12-23-8-6-4-5-7-9-23)22(3)17(24)14-10-15-16(19-11-14)21-13-20-15/h10-11,13H,4-9,12H2,1-3H3,(H,19,20,21). The predicted octanol–water partition coefficient (Wildman–Crippen LogP) is 2.68. The highest BCUT2D eigenvalue weighted by Gasteiger charge is 2.31. The van der Waals surface area contributed by atoms with E-state index in [1.165, 1.54) is 25.7 Å². The number of carbonyl (C=O) groups excluding carboxylic acids is 1. The zero-order chi connectivity index (χ0) is 17.2. The fraction of sp³-hybridized carbons (Fsp3) is 0.611. The van der Waals surface area contributed by atoms with E-state index in [1.807, 2.05) is 18.0 Å². The Bertz CT molecular complexity index is 700. The number of fused-ring (bicyclic) bond motifs is 1. The van der Waals surface area contributed by atoms with Crippen LogP contribution in [0.25, 0.3) is 11.2 Å². The van der Waals surface area contributed by atoms with Gasteiger partial charge >= 0.3 is 0 Å². The summed E-state index contributed by atoms with van der Waals surface area (Å²) < 4.78 is 0. The van der Waals surface area contributed by atoms with Crippen LogP contribution in [0.15, 0.2) is 18.6 Å². The van der Waals surface area contributed by atoms with Crippen LogP contribution >= 0.6 is 0 Å². The molecule has 1 aliphatic rings. The molecule has 0 aliphatic carbocycles. The van der Waals surface area contributed by atoms with Crippen molar-refractivity contribution >= 4 is 17.1 Å². The number of likely N-dealkylation sites (tertiary alicyclic amines) is 1. The van der Waals surface area contributed by atoms with E-state index in [1.54, 1.807) is 12.5 Å². The van der Waals surface area contributed by atoms with E-state index in [2.05, 4.69) is 33.7 Å². The number of pyridine rings is 1. The number of carbonyl (C=O) groups is 1. The number of likely N-dealkylation sites (N-methyl/N-ethyl adjacent to an activating group) is 1. The highest BCUT2D eigenvalue weighted by atomic mass is 16.2. The van der Waals surface area contributed by atoms with Gasteiger partial charge in [-0.05, 0) is 45.8 Å². The largest absolute Gasteiger partial charge is 0.343 e. The van der Waals surface area contributed by atoms with Crippen molar-refractivity contribution in [2.45, 2.75) is 45.1 Å². The number of rotatable bonds is 4. The molecule has 2 aromatic heterocycles. The molecule has 2 aromatic rings. The first kappa shape index (κ1) is 16.9. The van der Waals surface area contributed by atoms with Crippen molar-refractivity contribution in [3.63, 3.8) is 0 Å². The van der Waals surface area contributed by atoms with Crippen LogP contribution in [0.3, 0.4) is 0 Å². The number of aromatic amines is 1. The van der Waals surface area contributed by atoms with Crippen molar-refractivity contribution in [2.24, 2.45) is 0 Å². The fourth-order valence-corrected chi connectivity index (χ4v) is 3.36. The van der Waals surface area contributed by atoms with Gasteiger partial charge in [0.1, 0.15) is 0 Å². The van der Waals surface area contributed by atoms with Gasteiger partial charge in [0, 0.05) is 25.3 Å². The molecule has 0 unspecified atom stereocenters. The molecule has 0 radical (unpaired) electrons. The van der Waals surface area contributed by atoms with Gasteiger partial charge in [0.25, 0.3) is 5.91 Å². The summed E-state index contributed by atoms with van der Waals surface area (Å²) in [7, 11) is 1.89. The summed E-state index contributed by atoms with van der Waals surface area (Å²) in [5, 5.41) is 0. The molecule has 6 nitrogen and oxygen atoms in total. The number of nitrogens with one attached hydrogen (secondary N) is 1. The van der Waals surface area contributed by atoms with Gasteiger partial charge in [0.05, 0.1) is 17.4 Å². The molecule has 6 heteroatoms. The third kappa shape index (κ3) is 3.59. The summed E-state index contributed by atoms with van der Waals surface area (Å²) in [5.41, 5.74) is 1.79. The monoisotopic (exact) mass is 329 g/mol. The smallest absolute Gasteiger partial charge is 0.255 e. The molecule has 24 heavy (non-hydrogen) atoms. The second kappa shape index (κ2) is 6.89. The average molecular weight is 329 g/mol. The lowest BCUT2D eigenvalue weighted by molar-refractivity contribution is 0.0536. The van der Waals surface area contributed by atoms with Crippen molar-refractivity contribution in [3.05, 3.63) is 24.2 Å². The molecule has 3 heterocycles. The van der Waals surface area contributed by atoms with Gasteiger partial charge < -0.3 is 14.8 Å².